The number of hydrogen-bond acceptors (Lipinski definition) is 7. The molecule has 0 fully saturated rings. The number of sulfone groups is 1. The van der Waals surface area contributed by atoms with Crippen LogP contribution in [0.2, 0.25) is 0 Å². The van der Waals surface area contributed by atoms with Gasteiger partial charge in [-0.1, -0.05) is 12.1 Å². The monoisotopic (exact) mass is 420 g/mol. The highest BCUT2D eigenvalue weighted by Crippen LogP contribution is 2.25. The number of carbonyl (C=O) groups is 2. The first-order valence-corrected chi connectivity index (χ1v) is 10.3. The third-order valence-corrected chi connectivity index (χ3v) is 5.62. The maximum Gasteiger partial charge on any atom is 0.338 e. The second-order valence-electron chi connectivity index (χ2n) is 6.45. The number of nitrogens with zero attached hydrogens (tertiary/aromatic N) is 2. The molecule has 0 spiro atoms. The molecule has 1 atom stereocenters. The molecular weight excluding hydrogens is 400 g/mol. The van der Waals surface area contributed by atoms with Crippen molar-refractivity contribution in [2.45, 2.75) is 17.9 Å². The van der Waals surface area contributed by atoms with Gasteiger partial charge < -0.3 is 9.64 Å². The van der Waals surface area contributed by atoms with Gasteiger partial charge in [0.15, 0.2) is 9.84 Å². The maximum atomic E-state index is 12.9. The van der Waals surface area contributed by atoms with Crippen LogP contribution in [0, 0.1) is 10.1 Å². The first-order chi connectivity index (χ1) is 13.5. The minimum Gasteiger partial charge on any atom is -0.465 e. The summed E-state index contributed by atoms with van der Waals surface area (Å²) < 4.78 is 27.8. The highest BCUT2D eigenvalue weighted by molar-refractivity contribution is 7.90. The molecule has 0 radical (unpaired) electrons. The van der Waals surface area contributed by atoms with Crippen LogP contribution in [0.1, 0.15) is 39.2 Å². The first-order valence-electron chi connectivity index (χ1n) is 8.40. The third-order valence-electron chi connectivity index (χ3n) is 4.49. The van der Waals surface area contributed by atoms with Gasteiger partial charge in [-0.15, -0.1) is 0 Å². The van der Waals surface area contributed by atoms with Crippen molar-refractivity contribution in [3.63, 3.8) is 0 Å². The van der Waals surface area contributed by atoms with E-state index in [-0.39, 0.29) is 16.0 Å². The molecule has 1 amide bonds. The Morgan fingerprint density at radius 2 is 1.66 bits per heavy atom. The predicted molar refractivity (Wildman–Crippen MR) is 104 cm³/mol. The number of ether oxygens (including phenoxy) is 1. The van der Waals surface area contributed by atoms with Crippen molar-refractivity contribution >= 4 is 27.4 Å². The topological polar surface area (TPSA) is 124 Å². The van der Waals surface area contributed by atoms with E-state index in [1.54, 1.807) is 19.1 Å². The molecule has 2 aromatic rings. The largest absolute Gasteiger partial charge is 0.465 e. The van der Waals surface area contributed by atoms with Gasteiger partial charge >= 0.3 is 5.97 Å². The van der Waals surface area contributed by atoms with E-state index in [1.807, 2.05) is 0 Å². The van der Waals surface area contributed by atoms with Gasteiger partial charge in [0, 0.05) is 31.0 Å². The van der Waals surface area contributed by atoms with Gasteiger partial charge in [-0.2, -0.15) is 0 Å². The van der Waals surface area contributed by atoms with E-state index >= 15 is 0 Å². The second-order valence-corrected chi connectivity index (χ2v) is 8.47. The lowest BCUT2D eigenvalue weighted by molar-refractivity contribution is -0.384. The summed E-state index contributed by atoms with van der Waals surface area (Å²) in [7, 11) is -0.697. The zero-order valence-electron chi connectivity index (χ0n) is 16.3. The van der Waals surface area contributed by atoms with Gasteiger partial charge in [0.25, 0.3) is 11.6 Å². The number of methoxy groups -OCH3 is 1. The number of amides is 1. The SMILES string of the molecule is COC(=O)c1cc(C(=O)N(C)[C@@H](C)c2ccc(S(C)(=O)=O)cc2)cc([N+](=O)[O-])c1. The van der Waals surface area contributed by atoms with E-state index in [0.717, 1.165) is 25.5 Å². The molecular formula is C19H20N2O7S. The summed E-state index contributed by atoms with van der Waals surface area (Å²) in [5.74, 6) is -1.34. The average Bonchev–Trinajstić information content (AvgIpc) is 2.70. The Kier molecular flexibility index (Phi) is 6.38. The van der Waals surface area contributed by atoms with Crippen LogP contribution in [0.4, 0.5) is 5.69 Å². The zero-order valence-corrected chi connectivity index (χ0v) is 17.1. The van der Waals surface area contributed by atoms with Gasteiger partial charge in [0.1, 0.15) is 0 Å². The third kappa shape index (κ3) is 4.96. The van der Waals surface area contributed by atoms with Gasteiger partial charge in [-0.25, -0.2) is 13.2 Å². The minimum atomic E-state index is -3.34. The predicted octanol–water partition coefficient (Wildman–Crippen LogP) is 2.62. The maximum absolute atomic E-state index is 12.9. The normalized spacial score (nSPS) is 12.1. The summed E-state index contributed by atoms with van der Waals surface area (Å²) in [6.45, 7) is 1.73. The lowest BCUT2D eigenvalue weighted by atomic mass is 10.0. The number of hydrogen-bond donors (Lipinski definition) is 0. The number of rotatable bonds is 6. The number of nitro groups is 1. The lowest BCUT2D eigenvalue weighted by Crippen LogP contribution is -2.30. The molecule has 154 valence electrons. The highest BCUT2D eigenvalue weighted by atomic mass is 32.2. The van der Waals surface area contributed by atoms with Crippen LogP contribution in [-0.4, -0.2) is 50.5 Å². The molecule has 0 aromatic heterocycles. The van der Waals surface area contributed by atoms with Crippen molar-refractivity contribution in [1.82, 2.24) is 4.90 Å². The van der Waals surface area contributed by atoms with E-state index < -0.39 is 38.4 Å². The van der Waals surface area contributed by atoms with E-state index in [1.165, 1.54) is 30.1 Å². The second kappa shape index (κ2) is 8.39. The van der Waals surface area contributed by atoms with Crippen LogP contribution in [0.15, 0.2) is 47.4 Å². The quantitative estimate of drug-likeness (QED) is 0.400. The Labute approximate surface area is 168 Å². The number of carbonyl (C=O) groups excluding carboxylic acids is 2. The van der Waals surface area contributed by atoms with E-state index in [2.05, 4.69) is 4.74 Å². The summed E-state index contributed by atoms with van der Waals surface area (Å²) in [6, 6.07) is 8.98. The molecule has 2 aromatic carbocycles. The van der Waals surface area contributed by atoms with Crippen molar-refractivity contribution in [3.8, 4) is 0 Å². The smallest absolute Gasteiger partial charge is 0.338 e. The van der Waals surface area contributed by atoms with Crippen molar-refractivity contribution in [2.75, 3.05) is 20.4 Å². The molecule has 0 saturated carbocycles. The highest BCUT2D eigenvalue weighted by Gasteiger charge is 2.23. The fourth-order valence-electron chi connectivity index (χ4n) is 2.67. The fraction of sp³-hybridized carbons (Fsp3) is 0.263. The number of benzene rings is 2. The zero-order chi connectivity index (χ0) is 21.9. The van der Waals surface area contributed by atoms with E-state index in [4.69, 9.17) is 0 Å². The summed E-state index contributed by atoms with van der Waals surface area (Å²) >= 11 is 0. The standard InChI is InChI=1S/C19H20N2O7S/c1-12(13-5-7-17(8-6-13)29(4,26)27)20(2)18(22)14-9-15(19(23)28-3)11-16(10-14)21(24)25/h5-12H,1-4H3/t12-/m0/s1. The van der Waals surface area contributed by atoms with Crippen LogP contribution < -0.4 is 0 Å². The first kappa shape index (κ1) is 22.0. The molecule has 0 unspecified atom stereocenters. The van der Waals surface area contributed by atoms with Crippen LogP contribution in [0.25, 0.3) is 0 Å². The molecule has 10 heteroatoms. The number of esters is 1. The lowest BCUT2D eigenvalue weighted by Gasteiger charge is -2.25. The average molecular weight is 420 g/mol. The summed E-state index contributed by atoms with van der Waals surface area (Å²) in [6.07, 6.45) is 1.10. The van der Waals surface area contributed by atoms with Gasteiger partial charge in [-0.3, -0.25) is 14.9 Å². The molecule has 0 N–H and O–H groups in total. The van der Waals surface area contributed by atoms with Crippen LogP contribution in [0.3, 0.4) is 0 Å². The molecule has 0 aliphatic heterocycles. The molecule has 0 aliphatic rings. The summed E-state index contributed by atoms with van der Waals surface area (Å²) in [4.78, 5) is 36.6. The molecule has 0 saturated heterocycles. The van der Waals surface area contributed by atoms with Crippen molar-refractivity contribution in [1.29, 1.82) is 0 Å². The molecule has 0 heterocycles. The molecule has 9 nitrogen and oxygen atoms in total. The van der Waals surface area contributed by atoms with Crippen molar-refractivity contribution < 1.29 is 27.7 Å². The molecule has 29 heavy (non-hydrogen) atoms. The number of non-ortho nitro benzene ring substituents is 1. The summed E-state index contributed by atoms with van der Waals surface area (Å²) in [5.41, 5.74) is 0.118. The van der Waals surface area contributed by atoms with Crippen molar-refractivity contribution in [3.05, 3.63) is 69.3 Å². The van der Waals surface area contributed by atoms with Gasteiger partial charge in [-0.05, 0) is 30.7 Å². The molecule has 0 bridgehead atoms. The molecule has 2 rings (SSSR count). The Hall–Kier alpha value is -3.27. The van der Waals surface area contributed by atoms with E-state index in [9.17, 15) is 28.1 Å². The Balaban J connectivity index is 2.36. The molecule has 0 aliphatic carbocycles. The van der Waals surface area contributed by atoms with Gasteiger partial charge in [0.05, 0.1) is 28.5 Å². The van der Waals surface area contributed by atoms with Crippen molar-refractivity contribution in [2.24, 2.45) is 0 Å². The van der Waals surface area contributed by atoms with Crippen LogP contribution in [-0.2, 0) is 14.6 Å². The Bertz CT molecular complexity index is 1060. The van der Waals surface area contributed by atoms with Gasteiger partial charge in [0.2, 0.25) is 0 Å². The Morgan fingerprint density at radius 3 is 2.14 bits per heavy atom. The summed E-state index contributed by atoms with van der Waals surface area (Å²) in [5, 5.41) is 11.2. The minimum absolute atomic E-state index is 0.0401. The Morgan fingerprint density at radius 1 is 1.10 bits per heavy atom. The van der Waals surface area contributed by atoms with Crippen LogP contribution >= 0.6 is 0 Å². The fourth-order valence-corrected chi connectivity index (χ4v) is 3.30. The van der Waals surface area contributed by atoms with E-state index in [0.29, 0.717) is 5.56 Å². The van der Waals surface area contributed by atoms with Crippen LogP contribution in [0.5, 0.6) is 0 Å². The number of nitro benzene ring substituents is 1.